The van der Waals surface area contributed by atoms with Crippen molar-refractivity contribution in [1.29, 1.82) is 0 Å². The number of aryl methyl sites for hydroxylation is 2. The van der Waals surface area contributed by atoms with Crippen LogP contribution in [0, 0.1) is 24.0 Å². The third-order valence-corrected chi connectivity index (χ3v) is 4.42. The van der Waals surface area contributed by atoms with Gasteiger partial charge in [0.1, 0.15) is 17.2 Å². The van der Waals surface area contributed by atoms with Gasteiger partial charge in [-0.1, -0.05) is 23.7 Å². The zero-order valence-electron chi connectivity index (χ0n) is 15.2. The molecule has 0 N–H and O–H groups in total. The second-order valence-electron chi connectivity index (χ2n) is 6.14. The number of ether oxygens (including phenoxy) is 2. The Morgan fingerprint density at radius 1 is 1.00 bits per heavy atom. The van der Waals surface area contributed by atoms with Crippen LogP contribution in [0.4, 0.5) is 5.69 Å². The molecule has 6 heteroatoms. The van der Waals surface area contributed by atoms with E-state index in [9.17, 15) is 10.1 Å². The molecule has 0 saturated carbocycles. The van der Waals surface area contributed by atoms with E-state index in [4.69, 9.17) is 21.1 Å². The molecule has 0 aliphatic heterocycles. The monoisotopic (exact) mass is 383 g/mol. The van der Waals surface area contributed by atoms with E-state index in [0.29, 0.717) is 33.4 Å². The van der Waals surface area contributed by atoms with Crippen LogP contribution in [0.15, 0.2) is 54.6 Å². The molecular weight excluding hydrogens is 366 g/mol. The number of halogens is 1. The van der Waals surface area contributed by atoms with Gasteiger partial charge in [-0.3, -0.25) is 10.1 Å². The normalized spacial score (nSPS) is 10.5. The Balaban J connectivity index is 2.02. The first-order valence-corrected chi connectivity index (χ1v) is 8.64. The molecule has 3 rings (SSSR count). The first kappa shape index (κ1) is 18.7. The fourth-order valence-corrected chi connectivity index (χ4v) is 3.13. The summed E-state index contributed by atoms with van der Waals surface area (Å²) in [5, 5.41) is 11.6. The van der Waals surface area contributed by atoms with Crippen LogP contribution in [-0.4, -0.2) is 12.0 Å². The molecule has 5 nitrogen and oxygen atoms in total. The van der Waals surface area contributed by atoms with Crippen LogP contribution in [0.1, 0.15) is 11.1 Å². The quantitative estimate of drug-likeness (QED) is 0.381. The average molecular weight is 384 g/mol. The molecule has 0 atom stereocenters. The lowest BCUT2D eigenvalue weighted by Gasteiger charge is -2.15. The summed E-state index contributed by atoms with van der Waals surface area (Å²) in [7, 11) is 1.61. The molecule has 3 aromatic carbocycles. The minimum Gasteiger partial charge on any atom is -0.496 e. The fraction of sp³-hybridized carbons (Fsp3) is 0.143. The number of hydrogen-bond donors (Lipinski definition) is 0. The zero-order valence-corrected chi connectivity index (χ0v) is 15.9. The first-order chi connectivity index (χ1) is 12.9. The molecule has 0 heterocycles. The van der Waals surface area contributed by atoms with Crippen molar-refractivity contribution in [2.24, 2.45) is 0 Å². The smallest absolute Gasteiger partial charge is 0.270 e. The van der Waals surface area contributed by atoms with Crippen LogP contribution in [-0.2, 0) is 0 Å². The third-order valence-electron chi connectivity index (χ3n) is 4.18. The minimum absolute atomic E-state index is 0.0479. The Labute approximate surface area is 162 Å². The first-order valence-electron chi connectivity index (χ1n) is 8.26. The number of hydrogen-bond acceptors (Lipinski definition) is 4. The van der Waals surface area contributed by atoms with Crippen molar-refractivity contribution >= 4 is 17.3 Å². The van der Waals surface area contributed by atoms with E-state index in [2.05, 4.69) is 0 Å². The molecule has 0 radical (unpaired) electrons. The van der Waals surface area contributed by atoms with Gasteiger partial charge in [0, 0.05) is 22.7 Å². The van der Waals surface area contributed by atoms with Gasteiger partial charge in [0.25, 0.3) is 5.69 Å². The van der Waals surface area contributed by atoms with E-state index >= 15 is 0 Å². The van der Waals surface area contributed by atoms with Crippen molar-refractivity contribution < 1.29 is 14.4 Å². The molecule has 0 aromatic heterocycles. The minimum atomic E-state index is -0.408. The maximum Gasteiger partial charge on any atom is 0.270 e. The van der Waals surface area contributed by atoms with Gasteiger partial charge in [-0.15, -0.1) is 0 Å². The number of nitro benzene ring substituents is 1. The lowest BCUT2D eigenvalue weighted by molar-refractivity contribution is -0.385. The fourth-order valence-electron chi connectivity index (χ4n) is 2.94. The molecule has 0 fully saturated rings. The Morgan fingerprint density at radius 3 is 2.30 bits per heavy atom. The molecule has 3 aromatic rings. The number of non-ortho nitro benzene ring substituents is 1. The number of methoxy groups -OCH3 is 1. The molecule has 0 spiro atoms. The third kappa shape index (κ3) is 4.04. The summed E-state index contributed by atoms with van der Waals surface area (Å²) < 4.78 is 11.5. The van der Waals surface area contributed by atoms with Crippen LogP contribution in [0.2, 0.25) is 5.02 Å². The maximum atomic E-state index is 11.0. The predicted octanol–water partition coefficient (Wildman–Crippen LogP) is 6.33. The number of nitrogens with zero attached hydrogens (tertiary/aromatic N) is 1. The highest BCUT2D eigenvalue weighted by Gasteiger charge is 2.15. The molecule has 0 aliphatic rings. The van der Waals surface area contributed by atoms with Crippen LogP contribution in [0.25, 0.3) is 11.1 Å². The van der Waals surface area contributed by atoms with Gasteiger partial charge < -0.3 is 9.47 Å². The summed E-state index contributed by atoms with van der Waals surface area (Å²) in [6, 6.07) is 16.0. The molecule has 0 unspecified atom stereocenters. The lowest BCUT2D eigenvalue weighted by Crippen LogP contribution is -1.96. The van der Waals surface area contributed by atoms with E-state index in [0.717, 1.165) is 11.1 Å². The molecule has 0 bridgehead atoms. The van der Waals surface area contributed by atoms with Crippen LogP contribution < -0.4 is 9.47 Å². The maximum absolute atomic E-state index is 11.0. The van der Waals surface area contributed by atoms with E-state index in [1.165, 1.54) is 12.1 Å². The largest absolute Gasteiger partial charge is 0.496 e. The van der Waals surface area contributed by atoms with Gasteiger partial charge in [0.15, 0.2) is 0 Å². The summed E-state index contributed by atoms with van der Waals surface area (Å²) in [6.45, 7) is 3.58. The van der Waals surface area contributed by atoms with Crippen LogP contribution in [0.5, 0.6) is 17.2 Å². The highest BCUT2D eigenvalue weighted by molar-refractivity contribution is 6.30. The van der Waals surface area contributed by atoms with Gasteiger partial charge in [0.05, 0.1) is 12.0 Å². The van der Waals surface area contributed by atoms with Crippen LogP contribution in [0.3, 0.4) is 0 Å². The Morgan fingerprint density at radius 2 is 1.70 bits per heavy atom. The number of nitro groups is 1. The number of rotatable bonds is 5. The summed E-state index contributed by atoms with van der Waals surface area (Å²) in [5.74, 6) is 1.90. The standard InChI is InChI=1S/C21H18ClNO4/c1-13-9-17(23(24)25)10-14(2)21(13)27-18-7-8-20(26-3)19(12-18)15-5-4-6-16(22)11-15/h4-12H,1-3H3. The van der Waals surface area contributed by atoms with Crippen molar-refractivity contribution in [2.75, 3.05) is 7.11 Å². The Kier molecular flexibility index (Phi) is 5.33. The van der Waals surface area contributed by atoms with E-state index in [1.54, 1.807) is 27.0 Å². The highest BCUT2D eigenvalue weighted by atomic mass is 35.5. The molecule has 0 amide bonds. The molecule has 138 valence electrons. The van der Waals surface area contributed by atoms with Gasteiger partial charge >= 0.3 is 0 Å². The number of benzene rings is 3. The topological polar surface area (TPSA) is 61.6 Å². The second kappa shape index (κ2) is 7.68. The average Bonchev–Trinajstić information content (AvgIpc) is 2.64. The highest BCUT2D eigenvalue weighted by Crippen LogP contribution is 2.38. The van der Waals surface area contributed by atoms with Crippen LogP contribution >= 0.6 is 11.6 Å². The molecular formula is C21H18ClNO4. The molecule has 27 heavy (non-hydrogen) atoms. The summed E-state index contributed by atoms with van der Waals surface area (Å²) in [4.78, 5) is 10.6. The van der Waals surface area contributed by atoms with E-state index in [-0.39, 0.29) is 5.69 Å². The summed E-state index contributed by atoms with van der Waals surface area (Å²) in [6.07, 6.45) is 0. The van der Waals surface area contributed by atoms with E-state index < -0.39 is 4.92 Å². The molecule has 0 saturated heterocycles. The van der Waals surface area contributed by atoms with Gasteiger partial charge in [-0.25, -0.2) is 0 Å². The Bertz CT molecular complexity index is 994. The molecule has 0 aliphatic carbocycles. The van der Waals surface area contributed by atoms with Crippen molar-refractivity contribution in [3.8, 4) is 28.4 Å². The van der Waals surface area contributed by atoms with E-state index in [1.807, 2.05) is 36.4 Å². The zero-order chi connectivity index (χ0) is 19.6. The summed E-state index contributed by atoms with van der Waals surface area (Å²) >= 11 is 6.11. The van der Waals surface area contributed by atoms with Gasteiger partial charge in [-0.2, -0.15) is 0 Å². The predicted molar refractivity (Wildman–Crippen MR) is 106 cm³/mol. The summed E-state index contributed by atoms with van der Waals surface area (Å²) in [5.41, 5.74) is 3.19. The second-order valence-corrected chi connectivity index (χ2v) is 6.58. The van der Waals surface area contributed by atoms with Crippen molar-refractivity contribution in [2.45, 2.75) is 13.8 Å². The SMILES string of the molecule is COc1ccc(Oc2c(C)cc([N+](=O)[O-])cc2C)cc1-c1cccc(Cl)c1. The Hall–Kier alpha value is -3.05. The van der Waals surface area contributed by atoms with Gasteiger partial charge in [-0.05, 0) is 60.9 Å². The van der Waals surface area contributed by atoms with Crippen molar-refractivity contribution in [3.05, 3.63) is 80.9 Å². The van der Waals surface area contributed by atoms with Crippen molar-refractivity contribution in [1.82, 2.24) is 0 Å². The van der Waals surface area contributed by atoms with Crippen molar-refractivity contribution in [3.63, 3.8) is 0 Å². The lowest BCUT2D eigenvalue weighted by atomic mass is 10.0. The van der Waals surface area contributed by atoms with Gasteiger partial charge in [0.2, 0.25) is 0 Å².